The molecule has 1 aliphatic rings. The van der Waals surface area contributed by atoms with Gasteiger partial charge in [0.2, 0.25) is 0 Å². The van der Waals surface area contributed by atoms with E-state index in [0.717, 1.165) is 44.6 Å². The Morgan fingerprint density at radius 1 is 1.28 bits per heavy atom. The number of halogens is 2. The van der Waals surface area contributed by atoms with Crippen LogP contribution in [0.4, 0.5) is 8.78 Å². The molecule has 1 aliphatic carbocycles. The molecular formula is C19H25F2N3O. The fraction of sp³-hybridized carbons (Fsp3) is 0.579. The zero-order chi connectivity index (χ0) is 18.4. The molecule has 0 aliphatic heterocycles. The van der Waals surface area contributed by atoms with Crippen LogP contribution in [-0.2, 0) is 0 Å². The number of nitrogens with one attached hydrogen (secondary N) is 1. The standard InChI is InChI=1S/C19H25F2N3O/c1-19(18(23)24,25-17-10-9-14(20)11-16(17)21)15(12-22)13-7-5-3-2-4-6-8-13/h9-11,13,15H,2-8H2,1H3,(H3,23,24). The van der Waals surface area contributed by atoms with Crippen molar-refractivity contribution in [3.63, 3.8) is 0 Å². The van der Waals surface area contributed by atoms with E-state index in [9.17, 15) is 14.0 Å². The number of ether oxygens (including phenoxy) is 1. The molecule has 3 N–H and O–H groups in total. The van der Waals surface area contributed by atoms with E-state index in [0.29, 0.717) is 6.07 Å². The summed E-state index contributed by atoms with van der Waals surface area (Å²) in [6, 6.07) is 5.21. The monoisotopic (exact) mass is 349 g/mol. The van der Waals surface area contributed by atoms with Gasteiger partial charge in [0.1, 0.15) is 11.7 Å². The first kappa shape index (κ1) is 19.2. The van der Waals surface area contributed by atoms with Crippen molar-refractivity contribution in [3.05, 3.63) is 29.8 Å². The minimum absolute atomic E-state index is 0.0303. The van der Waals surface area contributed by atoms with Gasteiger partial charge in [-0.25, -0.2) is 8.78 Å². The van der Waals surface area contributed by atoms with Crippen molar-refractivity contribution < 1.29 is 13.5 Å². The van der Waals surface area contributed by atoms with E-state index in [1.165, 1.54) is 12.5 Å². The first-order valence-electron chi connectivity index (χ1n) is 8.76. The molecule has 0 bridgehead atoms. The third-order valence-electron chi connectivity index (χ3n) is 5.10. The Labute approximate surface area is 147 Å². The number of hydrogen-bond acceptors (Lipinski definition) is 3. The molecule has 4 nitrogen and oxygen atoms in total. The van der Waals surface area contributed by atoms with Gasteiger partial charge in [-0.15, -0.1) is 0 Å². The lowest BCUT2D eigenvalue weighted by Gasteiger charge is -2.38. The highest BCUT2D eigenvalue weighted by Crippen LogP contribution is 2.37. The second-order valence-corrected chi connectivity index (χ2v) is 6.91. The van der Waals surface area contributed by atoms with Crippen molar-refractivity contribution in [2.45, 2.75) is 57.5 Å². The largest absolute Gasteiger partial charge is 0.475 e. The SMILES string of the molecule is CC(Oc1ccc(F)cc1F)(C(=N)N)C(C#N)C1CCCCCCC1. The fourth-order valence-electron chi connectivity index (χ4n) is 3.57. The molecule has 2 unspecified atom stereocenters. The smallest absolute Gasteiger partial charge is 0.178 e. The molecule has 0 aromatic heterocycles. The second-order valence-electron chi connectivity index (χ2n) is 6.91. The van der Waals surface area contributed by atoms with Crippen molar-refractivity contribution in [1.29, 1.82) is 10.7 Å². The van der Waals surface area contributed by atoms with E-state index >= 15 is 0 Å². The van der Waals surface area contributed by atoms with Crippen LogP contribution in [0.1, 0.15) is 51.9 Å². The Morgan fingerprint density at radius 3 is 2.40 bits per heavy atom. The molecule has 0 radical (unpaired) electrons. The van der Waals surface area contributed by atoms with Gasteiger partial charge >= 0.3 is 0 Å². The third kappa shape index (κ3) is 4.47. The molecule has 1 aromatic rings. The minimum atomic E-state index is -1.46. The highest BCUT2D eigenvalue weighted by atomic mass is 19.1. The summed E-state index contributed by atoms with van der Waals surface area (Å²) in [6.07, 6.45) is 7.19. The molecule has 0 saturated heterocycles. The van der Waals surface area contributed by atoms with Crippen LogP contribution in [0.5, 0.6) is 5.75 Å². The topological polar surface area (TPSA) is 82.9 Å². The maximum Gasteiger partial charge on any atom is 0.178 e. The van der Waals surface area contributed by atoms with Crippen molar-refractivity contribution >= 4 is 5.84 Å². The molecule has 0 heterocycles. The van der Waals surface area contributed by atoms with Crippen LogP contribution in [0.3, 0.4) is 0 Å². The summed E-state index contributed by atoms with van der Waals surface area (Å²) in [5.74, 6) is -2.77. The lowest BCUT2D eigenvalue weighted by Crippen LogP contribution is -2.54. The summed E-state index contributed by atoms with van der Waals surface area (Å²) in [5, 5.41) is 17.7. The molecule has 1 fully saturated rings. The minimum Gasteiger partial charge on any atom is -0.475 e. The number of nitriles is 1. The molecular weight excluding hydrogens is 324 g/mol. The summed E-state index contributed by atoms with van der Waals surface area (Å²) in [6.45, 7) is 1.55. The van der Waals surface area contributed by atoms with E-state index in [4.69, 9.17) is 15.9 Å². The summed E-state index contributed by atoms with van der Waals surface area (Å²) < 4.78 is 32.9. The van der Waals surface area contributed by atoms with Crippen molar-refractivity contribution in [1.82, 2.24) is 0 Å². The van der Waals surface area contributed by atoms with Crippen LogP contribution < -0.4 is 10.5 Å². The maximum atomic E-state index is 14.0. The molecule has 0 spiro atoms. The van der Waals surface area contributed by atoms with E-state index in [1.807, 2.05) is 0 Å². The average molecular weight is 349 g/mol. The normalized spacial score (nSPS) is 19.8. The van der Waals surface area contributed by atoms with Crippen molar-refractivity contribution in [3.8, 4) is 11.8 Å². The van der Waals surface area contributed by atoms with Crippen LogP contribution in [0.15, 0.2) is 18.2 Å². The Balaban J connectivity index is 2.31. The van der Waals surface area contributed by atoms with Gasteiger partial charge < -0.3 is 10.5 Å². The lowest BCUT2D eigenvalue weighted by molar-refractivity contribution is 0.0724. The van der Waals surface area contributed by atoms with E-state index < -0.39 is 23.2 Å². The highest BCUT2D eigenvalue weighted by molar-refractivity contribution is 5.87. The number of nitrogens with zero attached hydrogens (tertiary/aromatic N) is 1. The number of rotatable bonds is 5. The van der Waals surface area contributed by atoms with Crippen LogP contribution in [0.25, 0.3) is 0 Å². The predicted molar refractivity (Wildman–Crippen MR) is 92.2 cm³/mol. The fourth-order valence-corrected chi connectivity index (χ4v) is 3.57. The van der Waals surface area contributed by atoms with Gasteiger partial charge in [-0.2, -0.15) is 5.26 Å². The van der Waals surface area contributed by atoms with Crippen LogP contribution >= 0.6 is 0 Å². The van der Waals surface area contributed by atoms with Crippen molar-refractivity contribution in [2.75, 3.05) is 0 Å². The molecule has 1 saturated carbocycles. The van der Waals surface area contributed by atoms with E-state index in [-0.39, 0.29) is 17.5 Å². The summed E-state index contributed by atoms with van der Waals surface area (Å²) in [4.78, 5) is 0. The molecule has 0 amide bonds. The number of hydrogen-bond donors (Lipinski definition) is 2. The third-order valence-corrected chi connectivity index (χ3v) is 5.10. The summed E-state index contributed by atoms with van der Waals surface area (Å²) >= 11 is 0. The highest BCUT2D eigenvalue weighted by Gasteiger charge is 2.45. The van der Waals surface area contributed by atoms with Crippen molar-refractivity contribution in [2.24, 2.45) is 17.6 Å². The molecule has 25 heavy (non-hydrogen) atoms. The first-order valence-corrected chi connectivity index (χ1v) is 8.76. The zero-order valence-electron chi connectivity index (χ0n) is 14.5. The molecule has 6 heteroatoms. The van der Waals surface area contributed by atoms with E-state index in [1.54, 1.807) is 6.92 Å². The Bertz CT molecular complexity index is 651. The van der Waals surface area contributed by atoms with Gasteiger partial charge in [0.25, 0.3) is 0 Å². The quantitative estimate of drug-likeness (QED) is 0.605. The molecule has 2 rings (SSSR count). The maximum absolute atomic E-state index is 14.0. The van der Waals surface area contributed by atoms with Gasteiger partial charge in [0, 0.05) is 6.07 Å². The van der Waals surface area contributed by atoms with Crippen LogP contribution in [0, 0.1) is 40.2 Å². The van der Waals surface area contributed by atoms with Gasteiger partial charge in [-0.3, -0.25) is 5.41 Å². The lowest BCUT2D eigenvalue weighted by atomic mass is 9.73. The molecule has 1 aromatic carbocycles. The van der Waals surface area contributed by atoms with Gasteiger partial charge in [-0.05, 0) is 37.8 Å². The molecule has 2 atom stereocenters. The number of amidine groups is 1. The molecule has 136 valence electrons. The summed E-state index contributed by atoms with van der Waals surface area (Å²) in [5.41, 5.74) is 4.30. The van der Waals surface area contributed by atoms with E-state index in [2.05, 4.69) is 6.07 Å². The Hall–Kier alpha value is -2.16. The van der Waals surface area contributed by atoms with Gasteiger partial charge in [-0.1, -0.05) is 32.1 Å². The summed E-state index contributed by atoms with van der Waals surface area (Å²) in [7, 11) is 0. The number of nitrogens with two attached hydrogens (primary N) is 1. The van der Waals surface area contributed by atoms with Crippen LogP contribution in [-0.4, -0.2) is 11.4 Å². The van der Waals surface area contributed by atoms with Gasteiger partial charge in [0.15, 0.2) is 17.2 Å². The zero-order valence-corrected chi connectivity index (χ0v) is 14.5. The predicted octanol–water partition coefficient (Wildman–Crippen LogP) is 4.54. The Kier molecular flexibility index (Phi) is 6.35. The Morgan fingerprint density at radius 2 is 1.88 bits per heavy atom. The van der Waals surface area contributed by atoms with Crippen LogP contribution in [0.2, 0.25) is 0 Å². The second kappa shape index (κ2) is 8.28. The first-order chi connectivity index (χ1) is 11.9. The number of benzene rings is 1. The van der Waals surface area contributed by atoms with Gasteiger partial charge in [0.05, 0.1) is 12.0 Å². The average Bonchev–Trinajstić information content (AvgIpc) is 2.52.